The van der Waals surface area contributed by atoms with Crippen molar-refractivity contribution >= 4 is 28.5 Å². The Labute approximate surface area is 135 Å². The average molecular weight is 336 g/mol. The number of aryl methyl sites for hydroxylation is 2. The van der Waals surface area contributed by atoms with E-state index in [0.717, 1.165) is 4.57 Å². The predicted octanol–water partition coefficient (Wildman–Crippen LogP) is 0.308. The van der Waals surface area contributed by atoms with E-state index >= 15 is 0 Å². The second-order valence-corrected chi connectivity index (χ2v) is 5.61. The van der Waals surface area contributed by atoms with Crippen LogP contribution in [-0.2, 0) is 27.7 Å². The van der Waals surface area contributed by atoms with Crippen molar-refractivity contribution in [3.05, 3.63) is 50.1 Å². The van der Waals surface area contributed by atoms with Gasteiger partial charge in [-0.05, 0) is 23.7 Å². The topological polar surface area (TPSA) is 83.8 Å². The van der Waals surface area contributed by atoms with Crippen molar-refractivity contribution in [1.82, 2.24) is 23.3 Å². The Morgan fingerprint density at radius 1 is 1.22 bits per heavy atom. The van der Waals surface area contributed by atoms with Gasteiger partial charge in [0.25, 0.3) is 5.56 Å². The molecule has 3 aromatic heterocycles. The summed E-state index contributed by atoms with van der Waals surface area (Å²) in [6.45, 7) is -0.138. The first-order chi connectivity index (χ1) is 10.8. The van der Waals surface area contributed by atoms with Crippen LogP contribution < -0.4 is 11.2 Å². The molecule has 0 spiro atoms. The van der Waals surface area contributed by atoms with Crippen molar-refractivity contribution in [2.24, 2.45) is 21.1 Å². The molecule has 0 aliphatic rings. The summed E-state index contributed by atoms with van der Waals surface area (Å²) in [7, 11) is 4.62. The van der Waals surface area contributed by atoms with Crippen molar-refractivity contribution in [2.75, 3.05) is 0 Å². The van der Waals surface area contributed by atoms with Gasteiger partial charge in [-0.2, -0.15) is 4.98 Å². The van der Waals surface area contributed by atoms with Crippen LogP contribution in [0, 0.1) is 0 Å². The number of aromatic nitrogens is 5. The molecular formula is C14H14ClN5O3. The highest BCUT2D eigenvalue weighted by Gasteiger charge is 2.20. The first kappa shape index (κ1) is 15.3. The monoisotopic (exact) mass is 335 g/mol. The summed E-state index contributed by atoms with van der Waals surface area (Å²) in [4.78, 5) is 40.8. The summed E-state index contributed by atoms with van der Waals surface area (Å²) in [6.07, 6.45) is 1.75. The van der Waals surface area contributed by atoms with E-state index in [-0.39, 0.29) is 28.8 Å². The fourth-order valence-corrected chi connectivity index (χ4v) is 2.76. The summed E-state index contributed by atoms with van der Waals surface area (Å²) in [5, 5.41) is -0.0131. The largest absolute Gasteiger partial charge is 0.348 e. The SMILES string of the molecule is Cn1cccc1C(=O)Cn1c(Cl)nc2c1c(=O)n(C)c(=O)n2C. The molecule has 0 amide bonds. The van der Waals surface area contributed by atoms with Gasteiger partial charge in [0.1, 0.15) is 0 Å². The van der Waals surface area contributed by atoms with Crippen molar-refractivity contribution < 1.29 is 4.79 Å². The third-order valence-electron chi connectivity index (χ3n) is 3.83. The smallest absolute Gasteiger partial charge is 0.332 e. The number of rotatable bonds is 3. The first-order valence-electron chi connectivity index (χ1n) is 6.79. The Balaban J connectivity index is 2.21. The fourth-order valence-electron chi connectivity index (χ4n) is 2.54. The van der Waals surface area contributed by atoms with Crippen LogP contribution >= 0.6 is 11.6 Å². The lowest BCUT2D eigenvalue weighted by molar-refractivity contribution is 0.0965. The minimum Gasteiger partial charge on any atom is -0.348 e. The molecule has 0 unspecified atom stereocenters. The van der Waals surface area contributed by atoms with Gasteiger partial charge in [-0.25, -0.2) is 4.79 Å². The normalized spacial score (nSPS) is 11.3. The molecule has 0 atom stereocenters. The number of carbonyl (C=O) groups is 1. The lowest BCUT2D eigenvalue weighted by Crippen LogP contribution is -2.37. The maximum Gasteiger partial charge on any atom is 0.332 e. The second-order valence-electron chi connectivity index (χ2n) is 5.27. The Hall–Kier alpha value is -2.61. The van der Waals surface area contributed by atoms with E-state index in [1.165, 1.54) is 23.2 Å². The number of Topliss-reactive ketones (excluding diaryl/α,β-unsaturated/α-hetero) is 1. The predicted molar refractivity (Wildman–Crippen MR) is 85.0 cm³/mol. The van der Waals surface area contributed by atoms with Gasteiger partial charge in [-0.1, -0.05) is 0 Å². The van der Waals surface area contributed by atoms with Crippen molar-refractivity contribution in [2.45, 2.75) is 6.54 Å². The molecule has 23 heavy (non-hydrogen) atoms. The van der Waals surface area contributed by atoms with Gasteiger partial charge in [0.2, 0.25) is 5.28 Å². The molecule has 0 bridgehead atoms. The zero-order valence-corrected chi connectivity index (χ0v) is 13.5. The maximum absolute atomic E-state index is 12.4. The minimum absolute atomic E-state index is 0.0131. The van der Waals surface area contributed by atoms with E-state index in [4.69, 9.17) is 11.6 Å². The second kappa shape index (κ2) is 5.24. The van der Waals surface area contributed by atoms with Crippen LogP contribution in [-0.4, -0.2) is 29.0 Å². The zero-order valence-electron chi connectivity index (χ0n) is 12.8. The molecule has 3 rings (SSSR count). The molecule has 8 nitrogen and oxygen atoms in total. The molecule has 0 aliphatic carbocycles. The molecule has 3 heterocycles. The van der Waals surface area contributed by atoms with Gasteiger partial charge in [-0.3, -0.25) is 18.7 Å². The molecule has 0 aliphatic heterocycles. The van der Waals surface area contributed by atoms with Gasteiger partial charge in [-0.15, -0.1) is 0 Å². The molecule has 120 valence electrons. The van der Waals surface area contributed by atoms with Gasteiger partial charge in [0, 0.05) is 27.3 Å². The first-order valence-corrected chi connectivity index (χ1v) is 7.17. The summed E-state index contributed by atoms with van der Waals surface area (Å²) in [6, 6.07) is 3.44. The van der Waals surface area contributed by atoms with E-state index < -0.39 is 11.2 Å². The van der Waals surface area contributed by atoms with Crippen LogP contribution in [0.15, 0.2) is 27.9 Å². The number of ketones is 1. The van der Waals surface area contributed by atoms with Gasteiger partial charge in [0.05, 0.1) is 12.2 Å². The van der Waals surface area contributed by atoms with Crippen LogP contribution in [0.1, 0.15) is 10.5 Å². The number of imidazole rings is 1. The molecule has 0 radical (unpaired) electrons. The van der Waals surface area contributed by atoms with Crippen molar-refractivity contribution in [3.8, 4) is 0 Å². The van der Waals surface area contributed by atoms with Crippen molar-refractivity contribution in [1.29, 1.82) is 0 Å². The lowest BCUT2D eigenvalue weighted by atomic mass is 10.3. The highest BCUT2D eigenvalue weighted by molar-refractivity contribution is 6.29. The zero-order chi connectivity index (χ0) is 16.9. The van der Waals surface area contributed by atoms with Crippen LogP contribution in [0.25, 0.3) is 11.2 Å². The number of nitrogens with zero attached hydrogens (tertiary/aromatic N) is 5. The Morgan fingerprint density at radius 2 is 1.91 bits per heavy atom. The number of hydrogen-bond donors (Lipinski definition) is 0. The minimum atomic E-state index is -0.540. The summed E-state index contributed by atoms with van der Waals surface area (Å²) >= 11 is 6.09. The van der Waals surface area contributed by atoms with Crippen LogP contribution in [0.5, 0.6) is 0 Å². The highest BCUT2D eigenvalue weighted by Crippen LogP contribution is 2.16. The van der Waals surface area contributed by atoms with E-state index in [1.807, 2.05) is 0 Å². The Kier molecular flexibility index (Phi) is 3.48. The van der Waals surface area contributed by atoms with Gasteiger partial charge < -0.3 is 9.13 Å². The highest BCUT2D eigenvalue weighted by atomic mass is 35.5. The molecule has 0 fully saturated rings. The van der Waals surface area contributed by atoms with Gasteiger partial charge in [0.15, 0.2) is 16.9 Å². The van der Waals surface area contributed by atoms with E-state index in [2.05, 4.69) is 4.98 Å². The molecule has 0 saturated heterocycles. The maximum atomic E-state index is 12.4. The number of halogens is 1. The number of fused-ring (bicyclic) bond motifs is 1. The third kappa shape index (κ3) is 2.22. The molecular weight excluding hydrogens is 322 g/mol. The quantitative estimate of drug-likeness (QED) is 0.509. The number of carbonyl (C=O) groups excluding carboxylic acids is 1. The molecule has 0 aromatic carbocycles. The number of hydrogen-bond acceptors (Lipinski definition) is 4. The summed E-state index contributed by atoms with van der Waals surface area (Å²) < 4.78 is 5.20. The average Bonchev–Trinajstić information content (AvgIpc) is 3.07. The molecule has 0 N–H and O–H groups in total. The molecule has 0 saturated carbocycles. The lowest BCUT2D eigenvalue weighted by Gasteiger charge is -2.07. The summed E-state index contributed by atoms with van der Waals surface area (Å²) in [5.74, 6) is -0.213. The van der Waals surface area contributed by atoms with Crippen LogP contribution in [0.3, 0.4) is 0 Å². The standard InChI is InChI=1S/C14H14ClN5O3/c1-17-6-4-5-8(17)9(21)7-20-10-11(16-13(20)15)18(2)14(23)19(3)12(10)22/h4-6H,7H2,1-3H3. The third-order valence-corrected chi connectivity index (χ3v) is 4.12. The Morgan fingerprint density at radius 3 is 2.52 bits per heavy atom. The van der Waals surface area contributed by atoms with Crippen LogP contribution in [0.4, 0.5) is 0 Å². The van der Waals surface area contributed by atoms with E-state index in [9.17, 15) is 14.4 Å². The fraction of sp³-hybridized carbons (Fsp3) is 0.286. The molecule has 3 aromatic rings. The Bertz CT molecular complexity index is 1050. The molecule has 9 heteroatoms. The van der Waals surface area contributed by atoms with Gasteiger partial charge >= 0.3 is 5.69 Å². The van der Waals surface area contributed by atoms with Crippen LogP contribution in [0.2, 0.25) is 5.28 Å². The van der Waals surface area contributed by atoms with E-state index in [1.54, 1.807) is 29.9 Å². The van der Waals surface area contributed by atoms with E-state index in [0.29, 0.717) is 5.69 Å². The van der Waals surface area contributed by atoms with Crippen molar-refractivity contribution in [3.63, 3.8) is 0 Å². The summed E-state index contributed by atoms with van der Waals surface area (Å²) in [5.41, 5.74) is -0.269.